The number of azo groups is 2. The zero-order valence-electron chi connectivity index (χ0n) is 23.2. The smallest absolute Gasteiger partial charge is 0.335 e. The molecule has 4 aromatic rings. The molecule has 0 bridgehead atoms. The summed E-state index contributed by atoms with van der Waals surface area (Å²) in [6.45, 7) is 0. The first-order chi connectivity index (χ1) is 21.5. The fraction of sp³-hybridized carbons (Fsp3) is 0.0645. The fourth-order valence-electron chi connectivity index (χ4n) is 3.42. The molecule has 0 saturated heterocycles. The lowest BCUT2D eigenvalue weighted by Gasteiger charge is -2.02. The molecule has 0 aliphatic heterocycles. The van der Waals surface area contributed by atoms with Crippen LogP contribution >= 0.6 is 0 Å². The maximum atomic E-state index is 12.1. The largest absolute Gasteiger partial charge is 0.478 e. The number of ketones is 2. The minimum atomic E-state index is -3.78. The summed E-state index contributed by atoms with van der Waals surface area (Å²) in [5, 5.41) is 46.9. The van der Waals surface area contributed by atoms with Gasteiger partial charge in [-0.2, -0.15) is 31.0 Å². The zero-order chi connectivity index (χ0) is 32.8. The van der Waals surface area contributed by atoms with Crippen LogP contribution in [0.4, 0.5) is 11.4 Å². The van der Waals surface area contributed by atoms with Crippen LogP contribution in [0.2, 0.25) is 0 Å². The quantitative estimate of drug-likeness (QED) is 0.171. The van der Waals surface area contributed by atoms with Crippen LogP contribution in [0.5, 0.6) is 0 Å². The van der Waals surface area contributed by atoms with Crippen molar-refractivity contribution in [3.05, 3.63) is 126 Å². The molecule has 14 heteroatoms. The van der Waals surface area contributed by atoms with Gasteiger partial charge in [-0.3, -0.25) is 9.59 Å². The van der Waals surface area contributed by atoms with Crippen molar-refractivity contribution in [1.82, 2.24) is 0 Å². The number of hydrogen-bond donors (Lipinski definition) is 2. The van der Waals surface area contributed by atoms with Crippen molar-refractivity contribution in [2.75, 3.05) is 0 Å². The normalized spacial score (nSPS) is 12.2. The van der Waals surface area contributed by atoms with Crippen LogP contribution in [0, 0.1) is 22.7 Å². The molecule has 4 aromatic carbocycles. The number of carboxylic acids is 1. The summed E-state index contributed by atoms with van der Waals surface area (Å²) >= 11 is 0. The number of carbonyl (C=O) groups is 3. The monoisotopic (exact) mass is 621 g/mol. The van der Waals surface area contributed by atoms with E-state index in [0.717, 1.165) is 0 Å². The Labute approximate surface area is 257 Å². The van der Waals surface area contributed by atoms with Crippen molar-refractivity contribution in [3.63, 3.8) is 0 Å². The predicted octanol–water partition coefficient (Wildman–Crippen LogP) is 5.44. The van der Waals surface area contributed by atoms with Crippen LogP contribution in [0.3, 0.4) is 0 Å². The van der Waals surface area contributed by atoms with E-state index in [4.69, 9.17) is 20.8 Å². The van der Waals surface area contributed by atoms with Gasteiger partial charge in [0.05, 0.1) is 34.0 Å². The number of benzene rings is 4. The number of nitrogens with zero attached hydrogens (tertiary/aromatic N) is 6. The van der Waals surface area contributed by atoms with Gasteiger partial charge < -0.3 is 5.11 Å². The second kappa shape index (κ2) is 15.9. The van der Waals surface area contributed by atoms with Crippen molar-refractivity contribution in [2.45, 2.75) is 17.0 Å². The lowest BCUT2D eigenvalue weighted by atomic mass is 10.1. The summed E-state index contributed by atoms with van der Waals surface area (Å²) in [5.74, 6) is -1.94. The van der Waals surface area contributed by atoms with Crippen LogP contribution in [0.15, 0.2) is 135 Å². The minimum absolute atomic E-state index is 0.0614. The molecular weight excluding hydrogens is 598 g/mol. The molecule has 0 aliphatic rings. The van der Waals surface area contributed by atoms with Crippen LogP contribution in [-0.2, 0) is 10.0 Å². The van der Waals surface area contributed by atoms with Gasteiger partial charge in [0.15, 0.2) is 0 Å². The second-order valence-corrected chi connectivity index (χ2v) is 10.4. The van der Waals surface area contributed by atoms with E-state index in [1.54, 1.807) is 72.8 Å². The van der Waals surface area contributed by atoms with Crippen molar-refractivity contribution < 1.29 is 27.9 Å². The van der Waals surface area contributed by atoms with Gasteiger partial charge in [0, 0.05) is 11.1 Å². The highest BCUT2D eigenvalue weighted by atomic mass is 32.2. The first-order valence-electron chi connectivity index (χ1n) is 12.8. The number of primary sulfonamides is 1. The van der Waals surface area contributed by atoms with E-state index in [9.17, 15) is 22.8 Å². The Balaban J connectivity index is 0.000000246. The topological polar surface area (TPSA) is 229 Å². The molecule has 0 radical (unpaired) electrons. The third kappa shape index (κ3) is 9.93. The molecule has 3 N–H and O–H groups in total. The first kappa shape index (κ1) is 33.3. The standard InChI is InChI=1S/C16H11N3O3.C15H12N4O3S/c17-10-14(15(20)11-4-2-1-3-5-11)19-18-13-8-6-12(7-9-13)16(21)22;16-10-14(15(20)11-4-2-1-3-5-11)19-18-12-6-8-13(9-7-12)23(17,21)22/h1-9,14H,(H,21,22);1-9,14H,(H2,17,21,22). The van der Waals surface area contributed by atoms with Crippen LogP contribution in [0.25, 0.3) is 0 Å². The summed E-state index contributed by atoms with van der Waals surface area (Å²) in [4.78, 5) is 34.9. The summed E-state index contributed by atoms with van der Waals surface area (Å²) < 4.78 is 22.3. The molecule has 0 aliphatic carbocycles. The molecule has 224 valence electrons. The average molecular weight is 622 g/mol. The highest BCUT2D eigenvalue weighted by Gasteiger charge is 2.19. The van der Waals surface area contributed by atoms with E-state index in [0.29, 0.717) is 22.5 Å². The molecule has 2 atom stereocenters. The number of nitriles is 2. The molecule has 0 heterocycles. The third-order valence-electron chi connectivity index (χ3n) is 5.71. The van der Waals surface area contributed by atoms with Gasteiger partial charge in [-0.15, -0.1) is 0 Å². The molecule has 0 spiro atoms. The number of hydrogen-bond acceptors (Lipinski definition) is 11. The Morgan fingerprint density at radius 3 is 1.33 bits per heavy atom. The summed E-state index contributed by atoms with van der Waals surface area (Å²) in [6.07, 6.45) is 0. The highest BCUT2D eigenvalue weighted by molar-refractivity contribution is 7.89. The number of aromatic carboxylic acids is 1. The van der Waals surface area contributed by atoms with Crippen LogP contribution < -0.4 is 5.14 Å². The number of sulfonamides is 1. The SMILES string of the molecule is N#CC(N=Nc1ccc(C(=O)O)cc1)C(=O)c1ccccc1.N#CC(N=Nc1ccc(S(N)(=O)=O)cc1)C(=O)c1ccccc1. The molecule has 0 amide bonds. The first-order valence-corrected chi connectivity index (χ1v) is 14.3. The maximum Gasteiger partial charge on any atom is 0.335 e. The molecular formula is C31H23N7O6S. The number of carboxylic acid groups (broad SMARTS) is 1. The van der Waals surface area contributed by atoms with Gasteiger partial charge in [0.2, 0.25) is 33.7 Å². The molecule has 13 nitrogen and oxygen atoms in total. The molecule has 0 saturated carbocycles. The molecule has 4 rings (SSSR count). The van der Waals surface area contributed by atoms with Gasteiger partial charge >= 0.3 is 5.97 Å². The highest BCUT2D eigenvalue weighted by Crippen LogP contribution is 2.18. The van der Waals surface area contributed by atoms with E-state index < -0.39 is 39.6 Å². The summed E-state index contributed by atoms with van der Waals surface area (Å²) in [6, 6.07) is 28.7. The Kier molecular flexibility index (Phi) is 11.7. The second-order valence-electron chi connectivity index (χ2n) is 8.85. The minimum Gasteiger partial charge on any atom is -0.478 e. The lowest BCUT2D eigenvalue weighted by molar-refractivity contribution is 0.0696. The van der Waals surface area contributed by atoms with Crippen molar-refractivity contribution in [2.24, 2.45) is 25.6 Å². The number of Topliss-reactive ketones (excluding diaryl/α,β-unsaturated/α-hetero) is 2. The van der Waals surface area contributed by atoms with Gasteiger partial charge in [0.1, 0.15) is 0 Å². The predicted molar refractivity (Wildman–Crippen MR) is 161 cm³/mol. The van der Waals surface area contributed by atoms with Crippen LogP contribution in [-0.4, -0.2) is 43.1 Å². The summed E-state index contributed by atoms with van der Waals surface area (Å²) in [5.41, 5.74) is 1.54. The zero-order valence-corrected chi connectivity index (χ0v) is 24.0. The van der Waals surface area contributed by atoms with Gasteiger partial charge in [-0.05, 0) is 48.5 Å². The number of rotatable bonds is 10. The maximum absolute atomic E-state index is 12.1. The number of carbonyl (C=O) groups excluding carboxylic acids is 2. The Bertz CT molecular complexity index is 1900. The van der Waals surface area contributed by atoms with Crippen molar-refractivity contribution >= 4 is 38.9 Å². The van der Waals surface area contributed by atoms with Gasteiger partial charge in [-0.25, -0.2) is 18.4 Å². The Morgan fingerprint density at radius 2 is 1.00 bits per heavy atom. The molecule has 2 unspecified atom stereocenters. The van der Waals surface area contributed by atoms with Gasteiger partial charge in [0.25, 0.3) is 0 Å². The molecule has 45 heavy (non-hydrogen) atoms. The van der Waals surface area contributed by atoms with E-state index in [-0.39, 0.29) is 10.5 Å². The third-order valence-corrected chi connectivity index (χ3v) is 6.64. The van der Waals surface area contributed by atoms with Gasteiger partial charge in [-0.1, -0.05) is 60.7 Å². The number of nitrogens with two attached hydrogens (primary N) is 1. The fourth-order valence-corrected chi connectivity index (χ4v) is 3.93. The van der Waals surface area contributed by atoms with E-state index in [1.807, 2.05) is 0 Å². The van der Waals surface area contributed by atoms with Crippen molar-refractivity contribution in [3.8, 4) is 12.1 Å². The Morgan fingerprint density at radius 1 is 0.622 bits per heavy atom. The Hall–Kier alpha value is -6.22. The van der Waals surface area contributed by atoms with Crippen LogP contribution in [0.1, 0.15) is 31.1 Å². The molecule has 0 fully saturated rings. The molecule has 0 aromatic heterocycles. The summed E-state index contributed by atoms with van der Waals surface area (Å²) in [7, 11) is -3.78. The average Bonchev–Trinajstić information content (AvgIpc) is 3.06. The van der Waals surface area contributed by atoms with Crippen molar-refractivity contribution in [1.29, 1.82) is 10.5 Å². The van der Waals surface area contributed by atoms with E-state index in [2.05, 4.69) is 20.5 Å². The van der Waals surface area contributed by atoms with E-state index >= 15 is 0 Å². The van der Waals surface area contributed by atoms with E-state index in [1.165, 1.54) is 48.5 Å². The lowest BCUT2D eigenvalue weighted by Crippen LogP contribution is -2.16.